The van der Waals surface area contributed by atoms with Crippen LogP contribution in [0, 0.1) is 33.5 Å². The van der Waals surface area contributed by atoms with E-state index in [4.69, 9.17) is 18.6 Å². The minimum absolute atomic E-state index is 0.0276. The van der Waals surface area contributed by atoms with E-state index in [1.54, 1.807) is 0 Å². The van der Waals surface area contributed by atoms with Crippen molar-refractivity contribution in [3.63, 3.8) is 0 Å². The Morgan fingerprint density at radius 2 is 0.947 bits per heavy atom. The zero-order chi connectivity index (χ0) is 26.3. The Morgan fingerprint density at radius 3 is 1.32 bits per heavy atom. The lowest BCUT2D eigenvalue weighted by atomic mass is 9.48. The Balaban J connectivity index is 1.21. The molecule has 4 bridgehead atoms. The summed E-state index contributed by atoms with van der Waals surface area (Å²) in [7, 11) is -1.10. The first kappa shape index (κ1) is 24.2. The monoisotopic (exact) mass is 510 g/mol. The molecule has 2 saturated heterocycles. The molecule has 2 aliphatic heterocycles. The second-order valence-electron chi connectivity index (χ2n) is 14.8. The molecule has 0 radical (unpaired) electrons. The fraction of sp³-hybridized carbons (Fsp3) is 0.625. The molecule has 6 fully saturated rings. The summed E-state index contributed by atoms with van der Waals surface area (Å²) < 4.78 is 28.6. The lowest BCUT2D eigenvalue weighted by Crippen LogP contribution is -2.47. The predicted octanol–water partition coefficient (Wildman–Crippen LogP) is 6.58. The summed E-state index contributed by atoms with van der Waals surface area (Å²) >= 11 is 0. The Kier molecular flexibility index (Phi) is 4.58. The Bertz CT molecular complexity index is 1190. The topological polar surface area (TPSA) is 36.9 Å². The first-order valence-electron chi connectivity index (χ1n) is 14.8. The van der Waals surface area contributed by atoms with Crippen LogP contribution in [0.4, 0.5) is 0 Å². The summed E-state index contributed by atoms with van der Waals surface area (Å²) in [5.41, 5.74) is 1.81. The maximum absolute atomic E-state index is 7.23. The fourth-order valence-electron chi connectivity index (χ4n) is 10.8. The zero-order valence-corrected chi connectivity index (χ0v) is 23.7. The molecule has 4 aliphatic carbocycles. The van der Waals surface area contributed by atoms with E-state index in [0.717, 1.165) is 25.7 Å². The highest BCUT2D eigenvalue weighted by atomic mass is 16.7. The molecule has 4 saturated carbocycles. The molecular weight excluding hydrogens is 470 g/mol. The number of rotatable bonds is 3. The van der Waals surface area contributed by atoms with Crippen molar-refractivity contribution in [2.24, 2.45) is 33.5 Å². The Labute approximate surface area is 228 Å². The quantitative estimate of drug-likeness (QED) is 0.438. The third-order valence-electron chi connectivity index (χ3n) is 13.4. The van der Waals surface area contributed by atoms with Gasteiger partial charge in [0.25, 0.3) is 0 Å². The van der Waals surface area contributed by atoms with Gasteiger partial charge in [-0.2, -0.15) is 0 Å². The van der Waals surface area contributed by atoms with Crippen molar-refractivity contribution in [3.05, 3.63) is 71.8 Å². The van der Waals surface area contributed by atoms with Crippen molar-refractivity contribution < 1.29 is 18.6 Å². The molecule has 0 N–H and O–H groups in total. The first-order valence-corrected chi connectivity index (χ1v) is 14.8. The van der Waals surface area contributed by atoms with E-state index < -0.39 is 25.2 Å². The van der Waals surface area contributed by atoms with Crippen molar-refractivity contribution in [2.75, 3.05) is 0 Å². The molecule has 0 aromatic heterocycles. The third-order valence-corrected chi connectivity index (χ3v) is 13.4. The normalized spacial score (nSPS) is 47.1. The molecule has 0 spiro atoms. The van der Waals surface area contributed by atoms with Gasteiger partial charge in [0, 0.05) is 10.8 Å². The second-order valence-corrected chi connectivity index (χ2v) is 14.8. The van der Waals surface area contributed by atoms with Crippen LogP contribution in [-0.4, -0.2) is 26.2 Å². The van der Waals surface area contributed by atoms with Gasteiger partial charge < -0.3 is 18.6 Å². The molecule has 2 unspecified atom stereocenters. The highest BCUT2D eigenvalue weighted by Crippen LogP contribution is 2.77. The molecular formula is C32H40B2O4. The van der Waals surface area contributed by atoms with Crippen LogP contribution in [0.3, 0.4) is 0 Å². The highest BCUT2D eigenvalue weighted by Gasteiger charge is 2.82. The summed E-state index contributed by atoms with van der Waals surface area (Å²) in [6.45, 7) is 14.5. The third kappa shape index (κ3) is 2.40. The van der Waals surface area contributed by atoms with Gasteiger partial charge in [0.2, 0.25) is 0 Å². The number of fused-ring (bicyclic) bond motifs is 10. The minimum Gasteiger partial charge on any atom is -0.406 e. The average molecular weight is 510 g/mol. The molecule has 6 heteroatoms. The summed E-state index contributed by atoms with van der Waals surface area (Å²) in [6, 6.07) is 21.7. The van der Waals surface area contributed by atoms with Gasteiger partial charge in [-0.15, -0.1) is 0 Å². The predicted molar refractivity (Wildman–Crippen MR) is 149 cm³/mol. The van der Waals surface area contributed by atoms with Crippen LogP contribution in [0.15, 0.2) is 60.7 Å². The van der Waals surface area contributed by atoms with Gasteiger partial charge in [0.1, 0.15) is 11.2 Å². The molecule has 8 rings (SSSR count). The van der Waals surface area contributed by atoms with Gasteiger partial charge in [0.05, 0.1) is 12.2 Å². The van der Waals surface area contributed by atoms with Crippen LogP contribution in [0.25, 0.3) is 0 Å². The maximum atomic E-state index is 7.23. The highest BCUT2D eigenvalue weighted by molar-refractivity contribution is 7.11. The Hall–Kier alpha value is -1.59. The molecule has 0 amide bonds. The van der Waals surface area contributed by atoms with E-state index in [-0.39, 0.29) is 33.9 Å². The molecule has 8 atom stereocenters. The van der Waals surface area contributed by atoms with Crippen LogP contribution in [-0.2, 0) is 29.8 Å². The van der Waals surface area contributed by atoms with Gasteiger partial charge >= 0.3 is 14.0 Å². The zero-order valence-electron chi connectivity index (χ0n) is 23.7. The van der Waals surface area contributed by atoms with Crippen molar-refractivity contribution in [2.45, 2.75) is 90.6 Å². The van der Waals surface area contributed by atoms with E-state index in [1.165, 1.54) is 11.1 Å². The SMILES string of the molecule is CC1(C)[C@@H]2CC[C@@]1(C)C1OB(B3OC4[C@]5(C)CC[C@@H](C5(C)C)[C@@]4(c4ccccc4)O3)O[C@@]12c1ccccc1. The average Bonchev–Trinajstić information content (AvgIpc) is 3.67. The molecule has 2 heterocycles. The van der Waals surface area contributed by atoms with Gasteiger partial charge in [-0.3, -0.25) is 0 Å². The Morgan fingerprint density at radius 1 is 0.579 bits per heavy atom. The van der Waals surface area contributed by atoms with Crippen LogP contribution < -0.4 is 0 Å². The van der Waals surface area contributed by atoms with E-state index >= 15 is 0 Å². The minimum atomic E-state index is -0.548. The van der Waals surface area contributed by atoms with Gasteiger partial charge in [-0.1, -0.05) is 102 Å². The lowest BCUT2D eigenvalue weighted by Gasteiger charge is -2.41. The summed E-state index contributed by atoms with van der Waals surface area (Å²) in [4.78, 5) is 0. The van der Waals surface area contributed by atoms with E-state index in [2.05, 4.69) is 102 Å². The van der Waals surface area contributed by atoms with Crippen molar-refractivity contribution in [3.8, 4) is 0 Å². The van der Waals surface area contributed by atoms with Crippen LogP contribution in [0.1, 0.15) is 78.4 Å². The molecule has 6 aliphatic rings. The smallest absolute Gasteiger partial charge is 0.406 e. The van der Waals surface area contributed by atoms with Crippen molar-refractivity contribution >= 4 is 14.0 Å². The second kappa shape index (κ2) is 7.18. The molecule has 198 valence electrons. The van der Waals surface area contributed by atoms with Crippen LogP contribution in [0.2, 0.25) is 0 Å². The van der Waals surface area contributed by atoms with Gasteiger partial charge in [0.15, 0.2) is 0 Å². The molecule has 4 nitrogen and oxygen atoms in total. The van der Waals surface area contributed by atoms with Crippen LogP contribution in [0.5, 0.6) is 0 Å². The van der Waals surface area contributed by atoms with E-state index in [9.17, 15) is 0 Å². The van der Waals surface area contributed by atoms with E-state index in [1.807, 2.05) is 0 Å². The van der Waals surface area contributed by atoms with Crippen LogP contribution >= 0.6 is 0 Å². The molecule has 2 aromatic carbocycles. The van der Waals surface area contributed by atoms with Gasteiger partial charge in [-0.25, -0.2) is 0 Å². The largest absolute Gasteiger partial charge is 0.489 e. The number of hydrogen-bond donors (Lipinski definition) is 0. The maximum Gasteiger partial charge on any atom is 0.489 e. The summed E-state index contributed by atoms with van der Waals surface area (Å²) in [5.74, 6) is 0.767. The standard InChI is InChI=1S/C32H40B2O4/c1-27(2)23-17-19-29(27,5)25-31(23,21-13-9-7-10-14-21)37-33(35-25)34-36-26-30(6)20-18-24(28(30,3)4)32(26,38-34)22-15-11-8-12-16-22/h7-16,23-26H,17-20H2,1-6H3/t23-,24-,25?,26?,29-,30-,31+,32+/m0/s1. The fourth-order valence-corrected chi connectivity index (χ4v) is 10.8. The lowest BCUT2D eigenvalue weighted by molar-refractivity contribution is -0.0373. The van der Waals surface area contributed by atoms with Crippen molar-refractivity contribution in [1.29, 1.82) is 0 Å². The summed E-state index contributed by atoms with van der Waals surface area (Å²) in [6.07, 6.45) is 4.58. The van der Waals surface area contributed by atoms with Gasteiger partial charge in [-0.05, 0) is 59.5 Å². The van der Waals surface area contributed by atoms with Crippen molar-refractivity contribution in [1.82, 2.24) is 0 Å². The molecule has 2 aromatic rings. The number of benzene rings is 2. The first-order chi connectivity index (χ1) is 18.0. The number of hydrogen-bond acceptors (Lipinski definition) is 4. The molecule has 38 heavy (non-hydrogen) atoms. The summed E-state index contributed by atoms with van der Waals surface area (Å²) in [5, 5.41) is 0. The van der Waals surface area contributed by atoms with E-state index in [0.29, 0.717) is 11.8 Å².